The third kappa shape index (κ3) is 2.75. The molecule has 2 heterocycles. The third-order valence-corrected chi connectivity index (χ3v) is 4.53. The highest BCUT2D eigenvalue weighted by atomic mass is 32.2. The van der Waals surface area contributed by atoms with Crippen LogP contribution < -0.4 is 5.32 Å². The first-order valence-corrected chi connectivity index (χ1v) is 7.26. The predicted molar refractivity (Wildman–Crippen MR) is 67.9 cm³/mol. The van der Waals surface area contributed by atoms with Crippen molar-refractivity contribution in [3.8, 4) is 0 Å². The van der Waals surface area contributed by atoms with E-state index in [1.54, 1.807) is 0 Å². The molecule has 15 heavy (non-hydrogen) atoms. The third-order valence-electron chi connectivity index (χ3n) is 2.63. The van der Waals surface area contributed by atoms with E-state index < -0.39 is 0 Å². The Morgan fingerprint density at radius 3 is 3.00 bits per heavy atom. The van der Waals surface area contributed by atoms with Gasteiger partial charge in [-0.25, -0.2) is 0 Å². The van der Waals surface area contributed by atoms with E-state index in [1.807, 2.05) is 30.1 Å². The van der Waals surface area contributed by atoms with Crippen LogP contribution in [0, 0.1) is 6.92 Å². The first kappa shape index (κ1) is 11.5. The summed E-state index contributed by atoms with van der Waals surface area (Å²) in [7, 11) is 2.01. The van der Waals surface area contributed by atoms with Crippen LogP contribution in [-0.4, -0.2) is 31.3 Å². The second kappa shape index (κ2) is 5.34. The van der Waals surface area contributed by atoms with E-state index in [0.29, 0.717) is 12.1 Å². The molecule has 0 radical (unpaired) electrons. The summed E-state index contributed by atoms with van der Waals surface area (Å²) < 4.78 is 5.82. The van der Waals surface area contributed by atoms with Crippen LogP contribution in [0.2, 0.25) is 0 Å². The maximum Gasteiger partial charge on any atom is 0.0860 e. The lowest BCUT2D eigenvalue weighted by Crippen LogP contribution is -2.36. The molecule has 0 amide bonds. The van der Waals surface area contributed by atoms with Crippen molar-refractivity contribution >= 4 is 23.1 Å². The highest BCUT2D eigenvalue weighted by molar-refractivity contribution is 7.99. The van der Waals surface area contributed by atoms with Crippen molar-refractivity contribution in [2.75, 3.05) is 25.2 Å². The molecular weight excluding hydrogens is 226 g/mol. The summed E-state index contributed by atoms with van der Waals surface area (Å²) in [5, 5.41) is 5.60. The average Bonchev–Trinajstić information content (AvgIpc) is 2.68. The fourth-order valence-electron chi connectivity index (χ4n) is 1.89. The van der Waals surface area contributed by atoms with Crippen LogP contribution in [0.1, 0.15) is 16.5 Å². The maximum absolute atomic E-state index is 5.82. The Balaban J connectivity index is 2.08. The van der Waals surface area contributed by atoms with Gasteiger partial charge in [-0.15, -0.1) is 11.3 Å². The Labute approximate surface area is 99.4 Å². The van der Waals surface area contributed by atoms with Gasteiger partial charge in [-0.3, -0.25) is 0 Å². The lowest BCUT2D eigenvalue weighted by Gasteiger charge is -2.29. The van der Waals surface area contributed by atoms with E-state index in [4.69, 9.17) is 4.74 Å². The molecule has 1 N–H and O–H groups in total. The van der Waals surface area contributed by atoms with Crippen LogP contribution in [0.15, 0.2) is 11.4 Å². The Hall–Kier alpha value is -0.0300. The first-order chi connectivity index (χ1) is 7.31. The van der Waals surface area contributed by atoms with Gasteiger partial charge in [0.2, 0.25) is 0 Å². The van der Waals surface area contributed by atoms with Crippen molar-refractivity contribution in [2.45, 2.75) is 19.1 Å². The molecule has 0 bridgehead atoms. The molecule has 2 nitrogen and oxygen atoms in total. The number of thiophene rings is 1. The van der Waals surface area contributed by atoms with Crippen molar-refractivity contribution in [3.63, 3.8) is 0 Å². The zero-order chi connectivity index (χ0) is 10.7. The van der Waals surface area contributed by atoms with Crippen molar-refractivity contribution in [3.05, 3.63) is 21.9 Å². The Morgan fingerprint density at radius 2 is 2.47 bits per heavy atom. The molecule has 0 spiro atoms. The van der Waals surface area contributed by atoms with Gasteiger partial charge in [0.1, 0.15) is 0 Å². The van der Waals surface area contributed by atoms with Crippen LogP contribution in [0.4, 0.5) is 0 Å². The molecular formula is C11H17NOS2. The van der Waals surface area contributed by atoms with Gasteiger partial charge in [0.15, 0.2) is 0 Å². The van der Waals surface area contributed by atoms with Gasteiger partial charge < -0.3 is 10.1 Å². The standard InChI is InChI=1S/C11H17NOS2/c1-8-5-9(6-15-8)11(12-2)10-7-14-4-3-13-10/h5-6,10-12H,3-4,7H2,1-2H3. The molecule has 2 unspecified atom stereocenters. The van der Waals surface area contributed by atoms with Crippen LogP contribution in [0.3, 0.4) is 0 Å². The van der Waals surface area contributed by atoms with Crippen LogP contribution in [0.5, 0.6) is 0 Å². The van der Waals surface area contributed by atoms with Crippen molar-refractivity contribution < 1.29 is 4.74 Å². The fourth-order valence-corrected chi connectivity index (χ4v) is 3.53. The van der Waals surface area contributed by atoms with Gasteiger partial charge in [0.05, 0.1) is 18.8 Å². The molecule has 84 valence electrons. The van der Waals surface area contributed by atoms with Crippen LogP contribution >= 0.6 is 23.1 Å². The average molecular weight is 243 g/mol. The molecule has 1 aromatic heterocycles. The van der Waals surface area contributed by atoms with E-state index in [-0.39, 0.29) is 0 Å². The molecule has 2 rings (SSSR count). The van der Waals surface area contributed by atoms with Gasteiger partial charge in [0.25, 0.3) is 0 Å². The minimum atomic E-state index is 0.322. The summed E-state index contributed by atoms with van der Waals surface area (Å²) in [5.41, 5.74) is 1.37. The summed E-state index contributed by atoms with van der Waals surface area (Å²) in [6.45, 7) is 3.04. The molecule has 0 saturated carbocycles. The Bertz CT molecular complexity index is 307. The molecule has 1 fully saturated rings. The van der Waals surface area contributed by atoms with E-state index >= 15 is 0 Å². The van der Waals surface area contributed by atoms with Gasteiger partial charge in [-0.05, 0) is 31.0 Å². The number of rotatable bonds is 3. The fraction of sp³-hybridized carbons (Fsp3) is 0.636. The number of aryl methyl sites for hydroxylation is 1. The number of likely N-dealkylation sites (N-methyl/N-ethyl adjacent to an activating group) is 1. The summed E-state index contributed by atoms with van der Waals surface area (Å²) in [4.78, 5) is 1.37. The van der Waals surface area contributed by atoms with Crippen molar-refractivity contribution in [1.29, 1.82) is 0 Å². The minimum absolute atomic E-state index is 0.322. The largest absolute Gasteiger partial charge is 0.375 e. The number of nitrogens with one attached hydrogen (secondary N) is 1. The summed E-state index contributed by atoms with van der Waals surface area (Å²) in [6, 6.07) is 2.61. The van der Waals surface area contributed by atoms with E-state index in [1.165, 1.54) is 10.4 Å². The SMILES string of the molecule is CNC(c1csc(C)c1)C1CSCCO1. The normalized spacial score (nSPS) is 24.0. The molecule has 1 aliphatic rings. The molecule has 1 aromatic rings. The quantitative estimate of drug-likeness (QED) is 0.881. The zero-order valence-electron chi connectivity index (χ0n) is 9.16. The smallest absolute Gasteiger partial charge is 0.0860 e. The van der Waals surface area contributed by atoms with Crippen LogP contribution in [-0.2, 0) is 4.74 Å². The summed E-state index contributed by atoms with van der Waals surface area (Å²) >= 11 is 3.80. The Kier molecular flexibility index (Phi) is 4.08. The number of thioether (sulfide) groups is 1. The topological polar surface area (TPSA) is 21.3 Å². The summed E-state index contributed by atoms with van der Waals surface area (Å²) in [6.07, 6.45) is 0.322. The number of hydrogen-bond acceptors (Lipinski definition) is 4. The second-order valence-corrected chi connectivity index (χ2v) is 6.01. The van der Waals surface area contributed by atoms with E-state index in [9.17, 15) is 0 Å². The van der Waals surface area contributed by atoms with Crippen LogP contribution in [0.25, 0.3) is 0 Å². The highest BCUT2D eigenvalue weighted by Crippen LogP contribution is 2.28. The number of hydrogen-bond donors (Lipinski definition) is 1. The van der Waals surface area contributed by atoms with Gasteiger partial charge in [-0.1, -0.05) is 0 Å². The van der Waals surface area contributed by atoms with Gasteiger partial charge >= 0.3 is 0 Å². The van der Waals surface area contributed by atoms with Crippen molar-refractivity contribution in [2.24, 2.45) is 0 Å². The molecule has 2 atom stereocenters. The molecule has 0 aliphatic carbocycles. The molecule has 0 aromatic carbocycles. The predicted octanol–water partition coefficient (Wildman–Crippen LogP) is 2.45. The maximum atomic E-state index is 5.82. The summed E-state index contributed by atoms with van der Waals surface area (Å²) in [5.74, 6) is 2.23. The minimum Gasteiger partial charge on any atom is -0.375 e. The Morgan fingerprint density at radius 1 is 1.60 bits per heavy atom. The molecule has 1 aliphatic heterocycles. The number of ether oxygens (including phenoxy) is 1. The van der Waals surface area contributed by atoms with Gasteiger partial charge in [0, 0.05) is 16.4 Å². The lowest BCUT2D eigenvalue weighted by molar-refractivity contribution is 0.0489. The van der Waals surface area contributed by atoms with E-state index in [0.717, 1.165) is 18.1 Å². The molecule has 1 saturated heterocycles. The molecule has 4 heteroatoms. The van der Waals surface area contributed by atoms with E-state index in [2.05, 4.69) is 23.7 Å². The second-order valence-electron chi connectivity index (χ2n) is 3.74. The van der Waals surface area contributed by atoms with Gasteiger partial charge in [-0.2, -0.15) is 11.8 Å². The zero-order valence-corrected chi connectivity index (χ0v) is 10.8. The first-order valence-electron chi connectivity index (χ1n) is 5.23. The lowest BCUT2D eigenvalue weighted by atomic mass is 10.1. The monoisotopic (exact) mass is 243 g/mol. The van der Waals surface area contributed by atoms with Crippen molar-refractivity contribution in [1.82, 2.24) is 5.32 Å². The highest BCUT2D eigenvalue weighted by Gasteiger charge is 2.25.